The van der Waals surface area contributed by atoms with E-state index in [0.717, 1.165) is 5.56 Å². The Labute approximate surface area is 219 Å². The number of amides is 3. The second-order valence-corrected chi connectivity index (χ2v) is 8.35. The molecule has 0 saturated carbocycles. The highest BCUT2D eigenvalue weighted by Gasteiger charge is 2.28. The van der Waals surface area contributed by atoms with E-state index in [1.807, 2.05) is 0 Å². The van der Waals surface area contributed by atoms with Crippen LogP contribution in [0.1, 0.15) is 29.5 Å². The molecule has 0 aliphatic carbocycles. The van der Waals surface area contributed by atoms with Crippen LogP contribution in [-0.4, -0.2) is 53.5 Å². The van der Waals surface area contributed by atoms with Crippen LogP contribution in [0.4, 0.5) is 10.5 Å². The molecule has 0 radical (unpaired) electrons. The minimum atomic E-state index is -1.18. The second-order valence-electron chi connectivity index (χ2n) is 8.35. The first-order chi connectivity index (χ1) is 18.1. The molecule has 0 bridgehead atoms. The Morgan fingerprint density at radius 3 is 2.18 bits per heavy atom. The number of rotatable bonds is 14. The molecule has 2 rings (SSSR count). The summed E-state index contributed by atoms with van der Waals surface area (Å²) in [6.45, 7) is 3.52. The number of carbonyl (C=O) groups excluding carboxylic acids is 3. The minimum Gasteiger partial charge on any atom is -0.481 e. The number of nitrogens with two attached hydrogens (primary N) is 2. The van der Waals surface area contributed by atoms with E-state index < -0.39 is 36.0 Å². The maximum absolute atomic E-state index is 13.2. The molecule has 0 aliphatic heterocycles. The zero-order chi connectivity index (χ0) is 28.1. The van der Waals surface area contributed by atoms with E-state index in [4.69, 9.17) is 26.7 Å². The molecule has 3 amide bonds. The highest BCUT2D eigenvalue weighted by Crippen LogP contribution is 2.09. The van der Waals surface area contributed by atoms with Gasteiger partial charge in [0.05, 0.1) is 0 Å². The van der Waals surface area contributed by atoms with Crippen molar-refractivity contribution in [2.45, 2.75) is 37.9 Å². The number of hydrogen-bond acceptors (Lipinski definition) is 7. The summed E-state index contributed by atoms with van der Waals surface area (Å²) in [6, 6.07) is 11.0. The van der Waals surface area contributed by atoms with Gasteiger partial charge in [-0.3, -0.25) is 19.8 Å². The Kier molecular flexibility index (Phi) is 11.3. The SMILES string of the molecule is C=CCOC(=O)N[C@@H](Cc1ccc(C(=N)N)cc1)C(=O)N[C@@H](CCC(=O)O)C(=O)NCc1ccc(N)cc1. The number of ether oxygens (including phenoxy) is 1. The van der Waals surface area contributed by atoms with Gasteiger partial charge in [-0.1, -0.05) is 49.1 Å². The van der Waals surface area contributed by atoms with Crippen molar-refractivity contribution in [2.24, 2.45) is 5.73 Å². The van der Waals surface area contributed by atoms with Gasteiger partial charge in [0.25, 0.3) is 0 Å². The van der Waals surface area contributed by atoms with Crippen molar-refractivity contribution in [3.05, 3.63) is 77.9 Å². The van der Waals surface area contributed by atoms with Crippen molar-refractivity contribution in [2.75, 3.05) is 12.3 Å². The zero-order valence-electron chi connectivity index (χ0n) is 20.7. The molecular formula is C26H32N6O6. The Balaban J connectivity index is 2.17. The monoisotopic (exact) mass is 524 g/mol. The number of nitrogens with one attached hydrogen (secondary N) is 4. The second kappa shape index (κ2) is 14.6. The molecule has 12 heteroatoms. The number of carboxylic acids is 1. The molecule has 2 atom stereocenters. The van der Waals surface area contributed by atoms with Crippen molar-refractivity contribution in [1.29, 1.82) is 5.41 Å². The van der Waals surface area contributed by atoms with Crippen molar-refractivity contribution in [3.8, 4) is 0 Å². The molecule has 0 saturated heterocycles. The smallest absolute Gasteiger partial charge is 0.408 e. The number of anilines is 1. The number of hydrogen-bond donors (Lipinski definition) is 7. The highest BCUT2D eigenvalue weighted by atomic mass is 16.5. The van der Waals surface area contributed by atoms with Gasteiger partial charge in [0.15, 0.2) is 0 Å². The van der Waals surface area contributed by atoms with Crippen LogP contribution in [0.2, 0.25) is 0 Å². The number of nitrogen functional groups attached to an aromatic ring is 2. The molecule has 0 aliphatic rings. The van der Waals surface area contributed by atoms with E-state index in [1.54, 1.807) is 48.5 Å². The normalized spacial score (nSPS) is 11.9. The summed E-state index contributed by atoms with van der Waals surface area (Å²) < 4.78 is 4.93. The van der Waals surface area contributed by atoms with Crippen molar-refractivity contribution in [3.63, 3.8) is 0 Å². The fourth-order valence-corrected chi connectivity index (χ4v) is 3.34. The Morgan fingerprint density at radius 1 is 0.974 bits per heavy atom. The average molecular weight is 525 g/mol. The number of carboxylic acid groups (broad SMARTS) is 1. The number of aliphatic carboxylic acids is 1. The van der Waals surface area contributed by atoms with Crippen LogP contribution in [0.25, 0.3) is 0 Å². The standard InChI is InChI=1S/C26H32N6O6/c1-2-13-38-26(37)32-21(14-16-3-7-18(8-4-16)23(28)29)25(36)31-20(11-12-22(33)34)24(35)30-15-17-5-9-19(27)10-6-17/h2-10,20-21H,1,11-15,27H2,(H3,28,29)(H,30,35)(H,31,36)(H,32,37)(H,33,34)/t20-,21-/m0/s1. The van der Waals surface area contributed by atoms with Gasteiger partial charge in [-0.25, -0.2) is 4.79 Å². The van der Waals surface area contributed by atoms with Crippen molar-refractivity contribution < 1.29 is 29.0 Å². The third kappa shape index (κ3) is 10.0. The molecule has 0 fully saturated rings. The molecule has 0 heterocycles. The number of carbonyl (C=O) groups is 4. The minimum absolute atomic E-state index is 0.0198. The lowest BCUT2D eigenvalue weighted by atomic mass is 10.0. The van der Waals surface area contributed by atoms with Crippen LogP contribution in [0.5, 0.6) is 0 Å². The van der Waals surface area contributed by atoms with Gasteiger partial charge in [-0.05, 0) is 29.7 Å². The highest BCUT2D eigenvalue weighted by molar-refractivity contribution is 5.95. The summed E-state index contributed by atoms with van der Waals surface area (Å²) in [4.78, 5) is 49.4. The lowest BCUT2D eigenvalue weighted by Gasteiger charge is -2.23. The molecule has 38 heavy (non-hydrogen) atoms. The average Bonchev–Trinajstić information content (AvgIpc) is 2.89. The summed E-state index contributed by atoms with van der Waals surface area (Å²) >= 11 is 0. The Hall–Kier alpha value is -4.87. The van der Waals surface area contributed by atoms with Crippen molar-refractivity contribution in [1.82, 2.24) is 16.0 Å². The third-order valence-electron chi connectivity index (χ3n) is 5.37. The predicted octanol–water partition coefficient (Wildman–Crippen LogP) is 1.04. The Bertz CT molecular complexity index is 1150. The molecule has 2 aromatic carbocycles. The van der Waals surface area contributed by atoms with Gasteiger partial charge >= 0.3 is 12.1 Å². The van der Waals surface area contributed by atoms with Crippen LogP contribution in [-0.2, 0) is 32.1 Å². The predicted molar refractivity (Wildman–Crippen MR) is 141 cm³/mol. The van der Waals surface area contributed by atoms with E-state index in [2.05, 4.69) is 22.5 Å². The topological polar surface area (TPSA) is 210 Å². The molecule has 12 nitrogen and oxygen atoms in total. The molecule has 2 aromatic rings. The first kappa shape index (κ1) is 29.4. The fraction of sp³-hybridized carbons (Fsp3) is 0.269. The van der Waals surface area contributed by atoms with Gasteiger partial charge in [-0.15, -0.1) is 0 Å². The fourth-order valence-electron chi connectivity index (χ4n) is 3.34. The van der Waals surface area contributed by atoms with Gasteiger partial charge in [0.2, 0.25) is 11.8 Å². The largest absolute Gasteiger partial charge is 0.481 e. The summed E-state index contributed by atoms with van der Waals surface area (Å²) in [5.74, 6) is -2.56. The van der Waals surface area contributed by atoms with Gasteiger partial charge in [0.1, 0.15) is 24.5 Å². The van der Waals surface area contributed by atoms with Crippen LogP contribution < -0.4 is 27.4 Å². The number of alkyl carbamates (subject to hydrolysis) is 1. The van der Waals surface area contributed by atoms with E-state index in [0.29, 0.717) is 16.8 Å². The first-order valence-corrected chi connectivity index (χ1v) is 11.7. The van der Waals surface area contributed by atoms with E-state index in [9.17, 15) is 19.2 Å². The first-order valence-electron chi connectivity index (χ1n) is 11.7. The van der Waals surface area contributed by atoms with Gasteiger partial charge in [0, 0.05) is 30.6 Å². The third-order valence-corrected chi connectivity index (χ3v) is 5.37. The molecule has 9 N–H and O–H groups in total. The maximum Gasteiger partial charge on any atom is 0.408 e. The molecule has 0 spiro atoms. The summed E-state index contributed by atoms with van der Waals surface area (Å²) in [6.07, 6.45) is -0.0313. The molecule has 0 aromatic heterocycles. The molecule has 202 valence electrons. The zero-order valence-corrected chi connectivity index (χ0v) is 20.7. The van der Waals surface area contributed by atoms with Crippen molar-refractivity contribution >= 4 is 35.4 Å². The summed E-state index contributed by atoms with van der Waals surface area (Å²) in [7, 11) is 0. The van der Waals surface area contributed by atoms with E-state index in [-0.39, 0.29) is 38.2 Å². The summed E-state index contributed by atoms with van der Waals surface area (Å²) in [5, 5.41) is 24.3. The Morgan fingerprint density at radius 2 is 1.61 bits per heavy atom. The molecule has 0 unspecified atom stereocenters. The lowest BCUT2D eigenvalue weighted by molar-refractivity contribution is -0.138. The van der Waals surface area contributed by atoms with Gasteiger partial charge < -0.3 is 37.3 Å². The summed E-state index contributed by atoms with van der Waals surface area (Å²) in [5.41, 5.74) is 13.6. The van der Waals surface area contributed by atoms with Crippen LogP contribution in [0, 0.1) is 5.41 Å². The molecular weight excluding hydrogens is 492 g/mol. The van der Waals surface area contributed by atoms with E-state index in [1.165, 1.54) is 6.08 Å². The lowest BCUT2D eigenvalue weighted by Crippen LogP contribution is -2.54. The van der Waals surface area contributed by atoms with Crippen LogP contribution in [0.3, 0.4) is 0 Å². The quantitative estimate of drug-likeness (QED) is 0.0819. The van der Waals surface area contributed by atoms with Gasteiger partial charge in [-0.2, -0.15) is 0 Å². The number of amidine groups is 1. The van der Waals surface area contributed by atoms with Crippen LogP contribution in [0.15, 0.2) is 61.2 Å². The number of benzene rings is 2. The van der Waals surface area contributed by atoms with Crippen LogP contribution >= 0.6 is 0 Å². The van der Waals surface area contributed by atoms with E-state index >= 15 is 0 Å². The maximum atomic E-state index is 13.2.